The van der Waals surface area contributed by atoms with Crippen molar-refractivity contribution < 1.29 is 53.5 Å². The minimum absolute atomic E-state index is 0.00825. The molecule has 1 atom stereocenters. The van der Waals surface area contributed by atoms with Crippen LogP contribution in [-0.2, 0) is 27.1 Å². The minimum atomic E-state index is -5.26. The molecule has 0 spiro atoms. The lowest BCUT2D eigenvalue weighted by atomic mass is 9.84. The van der Waals surface area contributed by atoms with Gasteiger partial charge >= 0.3 is 18.5 Å². The van der Waals surface area contributed by atoms with Crippen LogP contribution in [0.4, 0.5) is 43.9 Å². The topological polar surface area (TPSA) is 41.9 Å². The molecule has 2 aliphatic heterocycles. The van der Waals surface area contributed by atoms with Crippen molar-refractivity contribution in [1.29, 1.82) is 0 Å². The highest BCUT2D eigenvalue weighted by molar-refractivity contribution is 6.42. The first kappa shape index (κ1) is 29.2. The van der Waals surface area contributed by atoms with Crippen LogP contribution in [-0.4, -0.2) is 42.0 Å². The normalized spacial score (nSPS) is 21.3. The predicted molar refractivity (Wildman–Crippen MR) is 118 cm³/mol. The second kappa shape index (κ2) is 9.43. The van der Waals surface area contributed by atoms with Crippen LogP contribution < -0.4 is 0 Å². The molecule has 16 heteroatoms. The number of hydrogen-bond acceptors (Lipinski definition) is 3. The van der Waals surface area contributed by atoms with Crippen LogP contribution in [0.5, 0.6) is 0 Å². The zero-order valence-electron chi connectivity index (χ0n) is 19.0. The van der Waals surface area contributed by atoms with Gasteiger partial charge in [0.05, 0.1) is 34.4 Å². The van der Waals surface area contributed by atoms with E-state index in [-0.39, 0.29) is 22.9 Å². The van der Waals surface area contributed by atoms with Gasteiger partial charge in [-0.25, -0.2) is 4.39 Å². The van der Waals surface area contributed by atoms with Crippen LogP contribution in [0.1, 0.15) is 35.1 Å². The fourth-order valence-electron chi connectivity index (χ4n) is 4.25. The highest BCUT2D eigenvalue weighted by atomic mass is 35.5. The number of rotatable bonds is 4. The number of carbonyl (C=O) groups excluding carboxylic acids is 1. The van der Waals surface area contributed by atoms with E-state index >= 15 is 4.39 Å². The predicted octanol–water partition coefficient (Wildman–Crippen LogP) is 7.55. The average Bonchev–Trinajstić information content (AvgIpc) is 3.24. The van der Waals surface area contributed by atoms with Crippen molar-refractivity contribution in [2.45, 2.75) is 42.6 Å². The number of carbonyl (C=O) groups is 1. The fourth-order valence-corrected chi connectivity index (χ4v) is 4.68. The molecule has 2 aliphatic rings. The summed E-state index contributed by atoms with van der Waals surface area (Å²) in [5, 5.41) is 1.65. The van der Waals surface area contributed by atoms with Crippen molar-refractivity contribution in [1.82, 2.24) is 4.90 Å². The molecule has 1 fully saturated rings. The molecule has 0 aromatic heterocycles. The van der Waals surface area contributed by atoms with Crippen molar-refractivity contribution >= 4 is 34.8 Å². The molecule has 0 radical (unpaired) electrons. The zero-order valence-corrected chi connectivity index (χ0v) is 20.6. The maximum atomic E-state index is 15.1. The Morgan fingerprint density at radius 2 is 1.54 bits per heavy atom. The summed E-state index contributed by atoms with van der Waals surface area (Å²) in [4.78, 5) is 17.0. The molecular formula is C23H14Cl2F10N2O2. The van der Waals surface area contributed by atoms with Gasteiger partial charge in [-0.15, -0.1) is 0 Å². The van der Waals surface area contributed by atoms with Crippen molar-refractivity contribution in [3.05, 3.63) is 68.7 Å². The van der Waals surface area contributed by atoms with Gasteiger partial charge in [0.2, 0.25) is 5.91 Å². The monoisotopic (exact) mass is 610 g/mol. The van der Waals surface area contributed by atoms with Gasteiger partial charge in [0.25, 0.3) is 5.60 Å². The fraction of sp³-hybridized carbons (Fsp3) is 0.391. The highest BCUT2D eigenvalue weighted by Gasteiger charge is 2.63. The molecule has 1 saturated heterocycles. The van der Waals surface area contributed by atoms with Crippen molar-refractivity contribution in [3.8, 4) is 0 Å². The zero-order chi connectivity index (χ0) is 29.2. The van der Waals surface area contributed by atoms with Gasteiger partial charge in [-0.1, -0.05) is 52.6 Å². The number of oxime groups is 1. The Morgan fingerprint density at radius 1 is 0.949 bits per heavy atom. The Bertz CT molecular complexity index is 1320. The summed E-state index contributed by atoms with van der Waals surface area (Å²) in [7, 11) is 0. The second-order valence-electron chi connectivity index (χ2n) is 9.03. The lowest BCUT2D eigenvalue weighted by molar-refractivity contribution is -0.276. The third-order valence-corrected chi connectivity index (χ3v) is 7.11. The van der Waals surface area contributed by atoms with E-state index in [2.05, 4.69) is 5.16 Å². The van der Waals surface area contributed by atoms with E-state index in [4.69, 9.17) is 28.0 Å². The summed E-state index contributed by atoms with van der Waals surface area (Å²) in [6, 6.07) is 5.42. The van der Waals surface area contributed by atoms with E-state index in [1.54, 1.807) is 0 Å². The second-order valence-corrected chi connectivity index (χ2v) is 9.82. The number of amides is 1. The summed E-state index contributed by atoms with van der Waals surface area (Å²) < 4.78 is 135. The van der Waals surface area contributed by atoms with Gasteiger partial charge in [0.1, 0.15) is 6.42 Å². The largest absolute Gasteiger partial charge is 0.435 e. The number of nitrogens with zero attached hydrogens (tertiary/aromatic N) is 2. The lowest BCUT2D eigenvalue weighted by Gasteiger charge is -2.44. The van der Waals surface area contributed by atoms with Crippen LogP contribution in [0.3, 0.4) is 0 Å². The molecule has 0 N–H and O–H groups in total. The van der Waals surface area contributed by atoms with Gasteiger partial charge in [0.15, 0.2) is 5.67 Å². The highest BCUT2D eigenvalue weighted by Crippen LogP contribution is 2.51. The van der Waals surface area contributed by atoms with Gasteiger partial charge in [-0.05, 0) is 23.3 Å². The molecule has 0 bridgehead atoms. The Balaban J connectivity index is 1.56. The lowest BCUT2D eigenvalue weighted by Crippen LogP contribution is -2.59. The molecule has 0 aliphatic carbocycles. The third kappa shape index (κ3) is 5.49. The Morgan fingerprint density at radius 3 is 2.05 bits per heavy atom. The molecule has 4 nitrogen and oxygen atoms in total. The molecule has 2 aromatic carbocycles. The minimum Gasteiger partial charge on any atom is -0.374 e. The van der Waals surface area contributed by atoms with Crippen molar-refractivity contribution in [2.75, 3.05) is 13.1 Å². The molecule has 212 valence electrons. The van der Waals surface area contributed by atoms with Gasteiger partial charge in [-0.2, -0.15) is 39.5 Å². The molecular weight excluding hydrogens is 597 g/mol. The summed E-state index contributed by atoms with van der Waals surface area (Å²) >= 11 is 11.3. The van der Waals surface area contributed by atoms with E-state index < -0.39 is 82.8 Å². The number of hydrogen-bond donors (Lipinski definition) is 0. The van der Waals surface area contributed by atoms with Crippen LogP contribution in [0.2, 0.25) is 10.0 Å². The number of likely N-dealkylation sites (tertiary alicyclic amines) is 1. The van der Waals surface area contributed by atoms with Crippen molar-refractivity contribution in [3.63, 3.8) is 0 Å². The Kier molecular flexibility index (Phi) is 7.07. The number of benzene rings is 2. The number of halogens is 12. The van der Waals surface area contributed by atoms with Gasteiger partial charge in [0, 0.05) is 12.0 Å². The number of alkyl halides is 10. The summed E-state index contributed by atoms with van der Waals surface area (Å²) in [6.45, 7) is -1.30. The first-order valence-electron chi connectivity index (χ1n) is 10.8. The molecule has 2 aromatic rings. The summed E-state index contributed by atoms with van der Waals surface area (Å²) in [5.74, 6) is -1.30. The SMILES string of the molecule is O=C(CC(F)(F)F)N1CC(F)(c2ccc(C3=NOC(c4cc(Cl)c(Cl)c(C(F)(F)F)c4)(C(F)(F)F)C3)cc2)C1. The van der Waals surface area contributed by atoms with Gasteiger partial charge < -0.3 is 9.74 Å². The Labute approximate surface area is 223 Å². The molecule has 2 heterocycles. The summed E-state index contributed by atoms with van der Waals surface area (Å²) in [5.41, 5.74) is -8.50. The molecule has 1 amide bonds. The standard InChI is InChI=1S/C23H14Cl2F10N2O2/c24-15-6-13(5-14(18(15)25)22(30,31)32)20(23(33,34)35)7-16(36-39-20)11-1-3-12(4-2-11)19(26)9-37(10-19)17(38)8-21(27,28)29/h1-6H,7-10H2. The molecule has 0 saturated carbocycles. The molecule has 1 unspecified atom stereocenters. The smallest absolute Gasteiger partial charge is 0.374 e. The third-order valence-electron chi connectivity index (χ3n) is 6.31. The summed E-state index contributed by atoms with van der Waals surface area (Å²) in [6.07, 6.45) is -18.0. The van der Waals surface area contributed by atoms with Crippen molar-refractivity contribution in [2.24, 2.45) is 5.16 Å². The van der Waals surface area contributed by atoms with Gasteiger partial charge in [-0.3, -0.25) is 4.79 Å². The van der Waals surface area contributed by atoms with Crippen LogP contribution in [0.25, 0.3) is 0 Å². The van der Waals surface area contributed by atoms with Crippen LogP contribution in [0.15, 0.2) is 41.6 Å². The average molecular weight is 611 g/mol. The van der Waals surface area contributed by atoms with E-state index in [1.807, 2.05) is 0 Å². The van der Waals surface area contributed by atoms with E-state index in [1.165, 1.54) is 12.1 Å². The van der Waals surface area contributed by atoms with E-state index in [0.29, 0.717) is 11.0 Å². The first-order valence-corrected chi connectivity index (χ1v) is 11.5. The maximum Gasteiger partial charge on any atom is 0.435 e. The quantitative estimate of drug-likeness (QED) is 0.335. The Hall–Kier alpha value is -2.74. The van der Waals surface area contributed by atoms with E-state index in [9.17, 15) is 44.3 Å². The van der Waals surface area contributed by atoms with Crippen LogP contribution >= 0.6 is 23.2 Å². The van der Waals surface area contributed by atoms with Crippen LogP contribution in [0, 0.1) is 0 Å². The maximum absolute atomic E-state index is 15.1. The first-order chi connectivity index (χ1) is 17.8. The molecule has 4 rings (SSSR count). The molecule has 39 heavy (non-hydrogen) atoms. The van der Waals surface area contributed by atoms with E-state index in [0.717, 1.165) is 12.1 Å².